The Balaban J connectivity index is 1.99. The number of fused-ring (bicyclic) bond motifs is 1. The molecule has 0 bridgehead atoms. The van der Waals surface area contributed by atoms with Crippen LogP contribution in [-0.2, 0) is 17.8 Å². The van der Waals surface area contributed by atoms with Crippen LogP contribution in [0.5, 0.6) is 0 Å². The van der Waals surface area contributed by atoms with Gasteiger partial charge in [0.2, 0.25) is 0 Å². The second-order valence-electron chi connectivity index (χ2n) is 6.61. The predicted octanol–water partition coefficient (Wildman–Crippen LogP) is 1.94. The lowest BCUT2D eigenvalue weighted by atomic mass is 10.2. The SMILES string of the molecule is CCCn1cnc2c1c(=O)n(C[C@@H]1CCCO1)c(=O)n2-c1ccccc1. The van der Waals surface area contributed by atoms with Crippen LogP contribution in [0.2, 0.25) is 0 Å². The fourth-order valence-electron chi connectivity index (χ4n) is 3.55. The third-order valence-corrected chi connectivity index (χ3v) is 4.79. The highest BCUT2D eigenvalue weighted by molar-refractivity contribution is 5.72. The van der Waals surface area contributed by atoms with Crippen molar-refractivity contribution in [2.75, 3.05) is 6.61 Å². The van der Waals surface area contributed by atoms with Crippen molar-refractivity contribution in [3.05, 3.63) is 57.5 Å². The van der Waals surface area contributed by atoms with E-state index < -0.39 is 0 Å². The molecule has 7 heteroatoms. The predicted molar refractivity (Wildman–Crippen MR) is 98.9 cm³/mol. The highest BCUT2D eigenvalue weighted by Crippen LogP contribution is 2.15. The van der Waals surface area contributed by atoms with Gasteiger partial charge in [-0.3, -0.25) is 9.36 Å². The molecule has 1 aliphatic heterocycles. The number of imidazole rings is 1. The summed E-state index contributed by atoms with van der Waals surface area (Å²) < 4.78 is 10.3. The van der Waals surface area contributed by atoms with E-state index in [0.29, 0.717) is 30.0 Å². The number of nitrogens with zero attached hydrogens (tertiary/aromatic N) is 4. The topological polar surface area (TPSA) is 71.1 Å². The number of benzene rings is 1. The average Bonchev–Trinajstić information content (AvgIpc) is 3.30. The van der Waals surface area contributed by atoms with Gasteiger partial charge in [-0.15, -0.1) is 0 Å². The maximum atomic E-state index is 13.2. The van der Waals surface area contributed by atoms with Gasteiger partial charge in [0.05, 0.1) is 24.7 Å². The summed E-state index contributed by atoms with van der Waals surface area (Å²) in [5.41, 5.74) is 0.909. The zero-order chi connectivity index (χ0) is 18.1. The summed E-state index contributed by atoms with van der Waals surface area (Å²) in [6, 6.07) is 9.32. The molecule has 1 atom stereocenters. The van der Waals surface area contributed by atoms with Crippen LogP contribution in [0.1, 0.15) is 26.2 Å². The summed E-state index contributed by atoms with van der Waals surface area (Å²) >= 11 is 0. The summed E-state index contributed by atoms with van der Waals surface area (Å²) in [5.74, 6) is 0. The lowest BCUT2D eigenvalue weighted by Crippen LogP contribution is -2.42. The van der Waals surface area contributed by atoms with Crippen LogP contribution < -0.4 is 11.2 Å². The third kappa shape index (κ3) is 2.78. The van der Waals surface area contributed by atoms with Crippen molar-refractivity contribution < 1.29 is 4.74 Å². The van der Waals surface area contributed by atoms with E-state index in [0.717, 1.165) is 19.3 Å². The highest BCUT2D eigenvalue weighted by Gasteiger charge is 2.23. The van der Waals surface area contributed by atoms with Gasteiger partial charge < -0.3 is 9.30 Å². The van der Waals surface area contributed by atoms with Gasteiger partial charge in [-0.25, -0.2) is 14.3 Å². The number of para-hydroxylation sites is 1. The molecule has 0 aliphatic carbocycles. The van der Waals surface area contributed by atoms with Crippen molar-refractivity contribution in [2.45, 2.75) is 45.4 Å². The molecule has 4 rings (SSSR count). The van der Waals surface area contributed by atoms with Crippen LogP contribution in [0, 0.1) is 0 Å². The van der Waals surface area contributed by atoms with E-state index >= 15 is 0 Å². The number of rotatable bonds is 5. The van der Waals surface area contributed by atoms with E-state index in [1.165, 1.54) is 9.13 Å². The number of ether oxygens (including phenoxy) is 1. The minimum atomic E-state index is -0.369. The zero-order valence-corrected chi connectivity index (χ0v) is 14.8. The van der Waals surface area contributed by atoms with E-state index in [1.807, 2.05) is 41.8 Å². The van der Waals surface area contributed by atoms with Gasteiger partial charge in [0, 0.05) is 13.2 Å². The van der Waals surface area contributed by atoms with Crippen LogP contribution in [-0.4, -0.2) is 31.4 Å². The van der Waals surface area contributed by atoms with E-state index in [1.54, 1.807) is 6.33 Å². The van der Waals surface area contributed by atoms with Gasteiger partial charge in [0.25, 0.3) is 5.56 Å². The zero-order valence-electron chi connectivity index (χ0n) is 14.8. The summed E-state index contributed by atoms with van der Waals surface area (Å²) in [6.07, 6.45) is 4.25. The van der Waals surface area contributed by atoms with Gasteiger partial charge in [0.1, 0.15) is 0 Å². The number of hydrogen-bond donors (Lipinski definition) is 0. The average molecular weight is 354 g/mol. The highest BCUT2D eigenvalue weighted by atomic mass is 16.5. The quantitative estimate of drug-likeness (QED) is 0.702. The summed E-state index contributed by atoms with van der Waals surface area (Å²) in [7, 11) is 0. The Bertz CT molecular complexity index is 1030. The second-order valence-corrected chi connectivity index (χ2v) is 6.61. The first-order valence-corrected chi connectivity index (χ1v) is 9.08. The molecule has 26 heavy (non-hydrogen) atoms. The Morgan fingerprint density at radius 3 is 2.73 bits per heavy atom. The molecule has 0 spiro atoms. The third-order valence-electron chi connectivity index (χ3n) is 4.79. The van der Waals surface area contributed by atoms with E-state index in [2.05, 4.69) is 4.98 Å². The van der Waals surface area contributed by atoms with Gasteiger partial charge in [-0.1, -0.05) is 25.1 Å². The van der Waals surface area contributed by atoms with Gasteiger partial charge in [-0.2, -0.15) is 0 Å². The monoisotopic (exact) mass is 354 g/mol. The maximum absolute atomic E-state index is 13.2. The molecule has 0 N–H and O–H groups in total. The van der Waals surface area contributed by atoms with E-state index in [-0.39, 0.29) is 23.9 Å². The second kappa shape index (κ2) is 6.92. The molecule has 7 nitrogen and oxygen atoms in total. The normalized spacial score (nSPS) is 17.2. The first-order chi connectivity index (χ1) is 12.7. The number of aromatic nitrogens is 4. The Labute approximate surface area is 150 Å². The molecule has 3 aromatic rings. The van der Waals surface area contributed by atoms with Crippen molar-refractivity contribution >= 4 is 11.2 Å². The molecule has 1 saturated heterocycles. The van der Waals surface area contributed by atoms with Crippen LogP contribution in [0.3, 0.4) is 0 Å². The summed E-state index contributed by atoms with van der Waals surface area (Å²) in [6.45, 7) is 3.68. The molecule has 0 radical (unpaired) electrons. The first kappa shape index (κ1) is 16.8. The minimum absolute atomic E-state index is 0.0929. The molecular formula is C19H22N4O3. The molecular weight excluding hydrogens is 332 g/mol. The molecule has 1 aromatic carbocycles. The van der Waals surface area contributed by atoms with Gasteiger partial charge in [0.15, 0.2) is 11.2 Å². The fraction of sp³-hybridized carbons (Fsp3) is 0.421. The van der Waals surface area contributed by atoms with Crippen molar-refractivity contribution in [2.24, 2.45) is 0 Å². The smallest absolute Gasteiger partial charge is 0.337 e. The largest absolute Gasteiger partial charge is 0.376 e. The molecule has 2 aromatic heterocycles. The fourth-order valence-corrected chi connectivity index (χ4v) is 3.55. The van der Waals surface area contributed by atoms with Crippen LogP contribution in [0.4, 0.5) is 0 Å². The lowest BCUT2D eigenvalue weighted by molar-refractivity contribution is 0.0950. The molecule has 0 saturated carbocycles. The van der Waals surface area contributed by atoms with Crippen LogP contribution >= 0.6 is 0 Å². The standard InChI is InChI=1S/C19H22N4O3/c1-2-10-21-13-20-17-16(21)18(24)22(12-15-9-6-11-26-15)19(25)23(17)14-7-4-3-5-8-14/h3-5,7-8,13,15H,2,6,9-12H2,1H3/t15-/m0/s1. The summed E-state index contributed by atoms with van der Waals surface area (Å²) in [5, 5.41) is 0. The lowest BCUT2D eigenvalue weighted by Gasteiger charge is -2.15. The van der Waals surface area contributed by atoms with Crippen LogP contribution in [0.25, 0.3) is 16.9 Å². The van der Waals surface area contributed by atoms with E-state index in [4.69, 9.17) is 4.74 Å². The summed E-state index contributed by atoms with van der Waals surface area (Å²) in [4.78, 5) is 30.7. The number of aryl methyl sites for hydroxylation is 1. The minimum Gasteiger partial charge on any atom is -0.376 e. The molecule has 1 fully saturated rings. The Hall–Kier alpha value is -2.67. The molecule has 3 heterocycles. The van der Waals surface area contributed by atoms with Gasteiger partial charge in [-0.05, 0) is 31.4 Å². The first-order valence-electron chi connectivity index (χ1n) is 9.08. The van der Waals surface area contributed by atoms with Crippen LogP contribution in [0.15, 0.2) is 46.2 Å². The van der Waals surface area contributed by atoms with Crippen molar-refractivity contribution in [3.8, 4) is 5.69 Å². The van der Waals surface area contributed by atoms with Crippen molar-refractivity contribution in [1.29, 1.82) is 0 Å². The Morgan fingerprint density at radius 1 is 1.23 bits per heavy atom. The van der Waals surface area contributed by atoms with Crippen molar-refractivity contribution in [1.82, 2.24) is 18.7 Å². The maximum Gasteiger partial charge on any atom is 0.337 e. The molecule has 0 unspecified atom stereocenters. The Kier molecular flexibility index (Phi) is 4.46. The van der Waals surface area contributed by atoms with Gasteiger partial charge >= 0.3 is 5.69 Å². The number of hydrogen-bond acceptors (Lipinski definition) is 4. The molecule has 136 valence electrons. The van der Waals surface area contributed by atoms with Crippen molar-refractivity contribution in [3.63, 3.8) is 0 Å². The Morgan fingerprint density at radius 2 is 2.04 bits per heavy atom. The van der Waals surface area contributed by atoms with E-state index in [9.17, 15) is 9.59 Å². The molecule has 1 aliphatic rings. The molecule has 0 amide bonds.